The van der Waals surface area contributed by atoms with E-state index >= 15 is 0 Å². The Labute approximate surface area is 135 Å². The van der Waals surface area contributed by atoms with Gasteiger partial charge in [0.05, 0.1) is 12.4 Å². The molecule has 0 N–H and O–H groups in total. The highest BCUT2D eigenvalue weighted by Crippen LogP contribution is 2.41. The first-order chi connectivity index (χ1) is 10.8. The van der Waals surface area contributed by atoms with E-state index in [-0.39, 0.29) is 5.25 Å². The summed E-state index contributed by atoms with van der Waals surface area (Å²) in [6.07, 6.45) is 0. The Morgan fingerprint density at radius 2 is 1.64 bits per heavy atom. The van der Waals surface area contributed by atoms with Gasteiger partial charge in [-0.2, -0.15) is 0 Å². The first kappa shape index (κ1) is 14.8. The van der Waals surface area contributed by atoms with E-state index in [4.69, 9.17) is 9.15 Å². The summed E-state index contributed by atoms with van der Waals surface area (Å²) in [5, 5.41) is 0.127. The Bertz CT molecular complexity index is 717. The van der Waals surface area contributed by atoms with Crippen LogP contribution in [0.2, 0.25) is 0 Å². The number of rotatable bonds is 5. The molecule has 22 heavy (non-hydrogen) atoms. The predicted molar refractivity (Wildman–Crippen MR) is 90.6 cm³/mol. The lowest BCUT2D eigenvalue weighted by Gasteiger charge is -2.15. The molecule has 0 fully saturated rings. The fourth-order valence-electron chi connectivity index (χ4n) is 2.30. The van der Waals surface area contributed by atoms with E-state index in [1.165, 1.54) is 10.5 Å². The molecule has 0 saturated heterocycles. The Morgan fingerprint density at radius 3 is 2.23 bits per heavy atom. The van der Waals surface area contributed by atoms with Gasteiger partial charge in [-0.15, -0.1) is 11.8 Å². The van der Waals surface area contributed by atoms with Crippen molar-refractivity contribution in [1.82, 2.24) is 0 Å². The number of hydrogen-bond donors (Lipinski definition) is 0. The second kappa shape index (κ2) is 6.75. The molecule has 3 aromatic rings. The zero-order chi connectivity index (χ0) is 15.4. The lowest BCUT2D eigenvalue weighted by Crippen LogP contribution is -1.95. The maximum absolute atomic E-state index is 5.88. The normalized spacial score (nSPS) is 12.1. The van der Waals surface area contributed by atoms with Crippen LogP contribution in [0.4, 0.5) is 0 Å². The highest BCUT2D eigenvalue weighted by Gasteiger charge is 2.19. The highest BCUT2D eigenvalue weighted by molar-refractivity contribution is 7.99. The van der Waals surface area contributed by atoms with Crippen molar-refractivity contribution in [2.45, 2.75) is 17.1 Å². The number of thioether (sulfide) groups is 1. The molecule has 3 rings (SSSR count). The first-order valence-electron chi connectivity index (χ1n) is 7.18. The maximum Gasteiger partial charge on any atom is 0.121 e. The van der Waals surface area contributed by atoms with Crippen LogP contribution in [0.15, 0.2) is 76.0 Å². The minimum Gasteiger partial charge on any atom is -0.497 e. The smallest absolute Gasteiger partial charge is 0.121 e. The molecular formula is C19H18O2S. The Balaban J connectivity index is 1.94. The Kier molecular flexibility index (Phi) is 4.54. The SMILES string of the molecule is COc1ccc(C(Sc2ccccc2)c2ccc(C)o2)cc1. The van der Waals surface area contributed by atoms with Crippen LogP contribution < -0.4 is 4.74 Å². The van der Waals surface area contributed by atoms with Gasteiger partial charge in [0.1, 0.15) is 17.3 Å². The van der Waals surface area contributed by atoms with Crippen LogP contribution in [-0.4, -0.2) is 7.11 Å². The third-order valence-electron chi connectivity index (χ3n) is 3.44. The van der Waals surface area contributed by atoms with Gasteiger partial charge in [0.15, 0.2) is 0 Å². The van der Waals surface area contributed by atoms with Crippen LogP contribution in [0, 0.1) is 6.92 Å². The van der Waals surface area contributed by atoms with Gasteiger partial charge >= 0.3 is 0 Å². The minimum atomic E-state index is 0.127. The lowest BCUT2D eigenvalue weighted by atomic mass is 10.1. The topological polar surface area (TPSA) is 22.4 Å². The minimum absolute atomic E-state index is 0.127. The molecule has 1 heterocycles. The molecule has 1 atom stereocenters. The van der Waals surface area contributed by atoms with Crippen LogP contribution in [0.3, 0.4) is 0 Å². The second-order valence-electron chi connectivity index (χ2n) is 5.03. The summed E-state index contributed by atoms with van der Waals surface area (Å²) in [7, 11) is 1.68. The van der Waals surface area contributed by atoms with E-state index in [2.05, 4.69) is 42.5 Å². The zero-order valence-corrected chi connectivity index (χ0v) is 13.5. The summed E-state index contributed by atoms with van der Waals surface area (Å²) in [5.41, 5.74) is 1.20. The average Bonchev–Trinajstić information content (AvgIpc) is 3.00. The number of methoxy groups -OCH3 is 1. The number of benzene rings is 2. The van der Waals surface area contributed by atoms with Crippen molar-refractivity contribution in [3.05, 3.63) is 83.8 Å². The van der Waals surface area contributed by atoms with Crippen molar-refractivity contribution in [3.8, 4) is 5.75 Å². The molecule has 2 aromatic carbocycles. The van der Waals surface area contributed by atoms with Gasteiger partial charge in [0.25, 0.3) is 0 Å². The average molecular weight is 310 g/mol. The standard InChI is InChI=1S/C19H18O2S/c1-14-8-13-18(21-14)19(22-17-6-4-3-5-7-17)15-9-11-16(20-2)12-10-15/h3-13,19H,1-2H3. The van der Waals surface area contributed by atoms with Gasteiger partial charge in [-0.25, -0.2) is 0 Å². The molecule has 112 valence electrons. The summed E-state index contributed by atoms with van der Waals surface area (Å²) in [5.74, 6) is 2.77. The van der Waals surface area contributed by atoms with Crippen molar-refractivity contribution in [2.24, 2.45) is 0 Å². The zero-order valence-electron chi connectivity index (χ0n) is 12.7. The third-order valence-corrected chi connectivity index (χ3v) is 4.72. The van der Waals surface area contributed by atoms with Gasteiger partial charge in [-0.05, 0) is 48.9 Å². The second-order valence-corrected chi connectivity index (χ2v) is 6.21. The van der Waals surface area contributed by atoms with Gasteiger partial charge in [0, 0.05) is 4.90 Å². The van der Waals surface area contributed by atoms with Crippen LogP contribution in [0.25, 0.3) is 0 Å². The van der Waals surface area contributed by atoms with Crippen LogP contribution >= 0.6 is 11.8 Å². The van der Waals surface area contributed by atoms with Crippen molar-refractivity contribution in [1.29, 1.82) is 0 Å². The quantitative estimate of drug-likeness (QED) is 0.583. The molecule has 2 nitrogen and oxygen atoms in total. The molecule has 1 aromatic heterocycles. The van der Waals surface area contributed by atoms with Crippen molar-refractivity contribution in [2.75, 3.05) is 7.11 Å². The summed E-state index contributed by atoms with van der Waals surface area (Å²) in [4.78, 5) is 1.22. The van der Waals surface area contributed by atoms with Crippen molar-refractivity contribution >= 4 is 11.8 Å². The molecule has 0 radical (unpaired) electrons. The molecule has 0 aliphatic carbocycles. The Hall–Kier alpha value is -2.13. The number of ether oxygens (including phenoxy) is 1. The fraction of sp³-hybridized carbons (Fsp3) is 0.158. The van der Waals surface area contributed by atoms with Gasteiger partial charge in [-0.3, -0.25) is 0 Å². The number of furan rings is 1. The molecule has 0 amide bonds. The van der Waals surface area contributed by atoms with E-state index in [1.807, 2.05) is 31.2 Å². The van der Waals surface area contributed by atoms with E-state index < -0.39 is 0 Å². The highest BCUT2D eigenvalue weighted by atomic mass is 32.2. The first-order valence-corrected chi connectivity index (χ1v) is 8.06. The lowest BCUT2D eigenvalue weighted by molar-refractivity contribution is 0.414. The maximum atomic E-state index is 5.88. The van der Waals surface area contributed by atoms with Gasteiger partial charge in [-0.1, -0.05) is 30.3 Å². The predicted octanol–water partition coefficient (Wildman–Crippen LogP) is 5.48. The number of aryl methyl sites for hydroxylation is 1. The number of hydrogen-bond acceptors (Lipinski definition) is 3. The summed E-state index contributed by atoms with van der Waals surface area (Å²) < 4.78 is 11.1. The summed E-state index contributed by atoms with van der Waals surface area (Å²) >= 11 is 1.79. The third kappa shape index (κ3) is 3.37. The molecular weight excluding hydrogens is 292 g/mol. The van der Waals surface area contributed by atoms with E-state index in [0.717, 1.165) is 17.3 Å². The molecule has 0 saturated carbocycles. The molecule has 0 spiro atoms. The summed E-state index contributed by atoms with van der Waals surface area (Å²) in [6, 6.07) is 22.6. The summed E-state index contributed by atoms with van der Waals surface area (Å²) in [6.45, 7) is 1.97. The molecule has 0 aliphatic heterocycles. The molecule has 0 aliphatic rings. The molecule has 1 unspecified atom stereocenters. The van der Waals surface area contributed by atoms with E-state index in [0.29, 0.717) is 0 Å². The van der Waals surface area contributed by atoms with Crippen molar-refractivity contribution in [3.63, 3.8) is 0 Å². The van der Waals surface area contributed by atoms with Crippen LogP contribution in [0.1, 0.15) is 22.3 Å². The molecule has 0 bridgehead atoms. The fourth-order valence-corrected chi connectivity index (χ4v) is 3.42. The van der Waals surface area contributed by atoms with E-state index in [9.17, 15) is 0 Å². The van der Waals surface area contributed by atoms with Gasteiger partial charge < -0.3 is 9.15 Å². The van der Waals surface area contributed by atoms with E-state index in [1.54, 1.807) is 18.9 Å². The molecule has 3 heteroatoms. The van der Waals surface area contributed by atoms with Crippen molar-refractivity contribution < 1.29 is 9.15 Å². The van der Waals surface area contributed by atoms with Crippen LogP contribution in [0.5, 0.6) is 5.75 Å². The van der Waals surface area contributed by atoms with Crippen LogP contribution in [-0.2, 0) is 0 Å². The van der Waals surface area contributed by atoms with Gasteiger partial charge in [0.2, 0.25) is 0 Å². The monoisotopic (exact) mass is 310 g/mol. The Morgan fingerprint density at radius 1 is 0.909 bits per heavy atom. The largest absolute Gasteiger partial charge is 0.497 e.